The fourth-order valence-electron chi connectivity index (χ4n) is 3.09. The summed E-state index contributed by atoms with van der Waals surface area (Å²) in [6, 6.07) is 4.83. The van der Waals surface area contributed by atoms with Crippen LogP contribution in [0, 0.1) is 11.7 Å². The number of halogens is 1. The fraction of sp³-hybridized carbons (Fsp3) is 0.533. The van der Waals surface area contributed by atoms with Crippen LogP contribution in [0.1, 0.15) is 35.2 Å². The van der Waals surface area contributed by atoms with Crippen LogP contribution in [-0.2, 0) is 6.54 Å². The fourth-order valence-corrected chi connectivity index (χ4v) is 3.09. The van der Waals surface area contributed by atoms with Crippen LogP contribution in [0.15, 0.2) is 18.2 Å². The summed E-state index contributed by atoms with van der Waals surface area (Å²) in [5.74, 6) is -0.494. The van der Waals surface area contributed by atoms with Crippen molar-refractivity contribution in [3.8, 4) is 0 Å². The topological polar surface area (TPSA) is 72.3 Å². The minimum Gasteiger partial charge on any atom is -0.366 e. The molecule has 4 nitrogen and oxygen atoms in total. The molecule has 1 fully saturated rings. The smallest absolute Gasteiger partial charge is 0.248 e. The van der Waals surface area contributed by atoms with Crippen molar-refractivity contribution in [2.75, 3.05) is 13.6 Å². The predicted octanol–water partition coefficient (Wildman–Crippen LogP) is 1.48. The molecular weight excluding hydrogens is 257 g/mol. The molecule has 1 saturated carbocycles. The first-order valence-electron chi connectivity index (χ1n) is 7.01. The molecule has 2 rings (SSSR count). The molecule has 0 spiro atoms. The third kappa shape index (κ3) is 3.16. The largest absolute Gasteiger partial charge is 0.366 e. The lowest BCUT2D eigenvalue weighted by Gasteiger charge is -2.29. The van der Waals surface area contributed by atoms with Gasteiger partial charge in [0.15, 0.2) is 0 Å². The number of carbonyl (C=O) groups is 1. The summed E-state index contributed by atoms with van der Waals surface area (Å²) in [5.41, 5.74) is 11.7. The second kappa shape index (κ2) is 6.33. The van der Waals surface area contributed by atoms with Crippen LogP contribution in [-0.4, -0.2) is 30.4 Å². The Kier molecular flexibility index (Phi) is 4.73. The van der Waals surface area contributed by atoms with Gasteiger partial charge in [-0.15, -0.1) is 0 Å². The molecule has 0 saturated heterocycles. The summed E-state index contributed by atoms with van der Waals surface area (Å²) in [6.07, 6.45) is 3.44. The molecule has 1 aliphatic rings. The lowest BCUT2D eigenvalue weighted by Crippen LogP contribution is -2.37. The Balaban J connectivity index is 2.07. The number of carbonyl (C=O) groups excluding carboxylic acids is 1. The number of primary amides is 1. The zero-order chi connectivity index (χ0) is 14.7. The molecule has 20 heavy (non-hydrogen) atoms. The highest BCUT2D eigenvalue weighted by atomic mass is 19.1. The molecule has 1 aromatic carbocycles. The highest BCUT2D eigenvalue weighted by molar-refractivity contribution is 5.92. The van der Waals surface area contributed by atoms with E-state index in [1.807, 2.05) is 7.05 Å². The minimum atomic E-state index is -0.609. The normalized spacial score (nSPS) is 22.4. The van der Waals surface area contributed by atoms with Gasteiger partial charge in [-0.05, 0) is 44.5 Å². The van der Waals surface area contributed by atoms with Crippen molar-refractivity contribution >= 4 is 5.91 Å². The molecule has 110 valence electrons. The quantitative estimate of drug-likeness (QED) is 0.857. The van der Waals surface area contributed by atoms with Crippen LogP contribution < -0.4 is 11.5 Å². The van der Waals surface area contributed by atoms with Crippen molar-refractivity contribution in [3.63, 3.8) is 0 Å². The Labute approximate surface area is 118 Å². The van der Waals surface area contributed by atoms with Gasteiger partial charge in [-0.2, -0.15) is 0 Å². The lowest BCUT2D eigenvalue weighted by atomic mass is 10.0. The van der Waals surface area contributed by atoms with Gasteiger partial charge in [-0.1, -0.05) is 12.5 Å². The van der Waals surface area contributed by atoms with Gasteiger partial charge in [-0.3, -0.25) is 9.69 Å². The molecule has 4 N–H and O–H groups in total. The van der Waals surface area contributed by atoms with E-state index < -0.39 is 5.91 Å². The number of amides is 1. The zero-order valence-corrected chi connectivity index (χ0v) is 11.8. The maximum absolute atomic E-state index is 14.0. The van der Waals surface area contributed by atoms with Crippen LogP contribution in [0.4, 0.5) is 4.39 Å². The van der Waals surface area contributed by atoms with Crippen molar-refractivity contribution in [2.45, 2.75) is 31.8 Å². The second-order valence-electron chi connectivity index (χ2n) is 5.58. The van der Waals surface area contributed by atoms with Crippen molar-refractivity contribution in [1.29, 1.82) is 0 Å². The third-order valence-corrected chi connectivity index (χ3v) is 4.25. The highest BCUT2D eigenvalue weighted by Crippen LogP contribution is 2.29. The molecule has 1 aromatic rings. The standard InChI is InChI=1S/C15H22FN3O/c1-19(14-4-2-3-11(14)8-17)9-12-6-5-10(15(18)20)7-13(12)16/h5-7,11,14H,2-4,8-9,17H2,1H3,(H2,18,20). The van der Waals surface area contributed by atoms with Crippen molar-refractivity contribution in [1.82, 2.24) is 4.90 Å². The summed E-state index contributed by atoms with van der Waals surface area (Å²) < 4.78 is 14.0. The number of hydrogen-bond donors (Lipinski definition) is 2. The van der Waals surface area contributed by atoms with E-state index in [1.54, 1.807) is 12.1 Å². The SMILES string of the molecule is CN(Cc1ccc(C(N)=O)cc1F)C1CCCC1CN. The first-order chi connectivity index (χ1) is 9.52. The molecule has 2 unspecified atom stereocenters. The van der Waals surface area contributed by atoms with E-state index in [0.717, 1.165) is 12.8 Å². The Bertz CT molecular complexity index is 492. The van der Waals surface area contributed by atoms with Gasteiger partial charge in [-0.25, -0.2) is 4.39 Å². The molecule has 1 amide bonds. The molecule has 0 radical (unpaired) electrons. The van der Waals surface area contributed by atoms with Crippen LogP contribution >= 0.6 is 0 Å². The van der Waals surface area contributed by atoms with Crippen molar-refractivity contribution < 1.29 is 9.18 Å². The summed E-state index contributed by atoms with van der Waals surface area (Å²) in [4.78, 5) is 13.2. The van der Waals surface area contributed by atoms with Gasteiger partial charge >= 0.3 is 0 Å². The highest BCUT2D eigenvalue weighted by Gasteiger charge is 2.29. The van der Waals surface area contributed by atoms with Crippen molar-refractivity contribution in [2.24, 2.45) is 17.4 Å². The number of nitrogens with two attached hydrogens (primary N) is 2. The molecule has 0 aromatic heterocycles. The summed E-state index contributed by atoms with van der Waals surface area (Å²) >= 11 is 0. The first-order valence-corrected chi connectivity index (χ1v) is 7.01. The minimum absolute atomic E-state index is 0.203. The second-order valence-corrected chi connectivity index (χ2v) is 5.58. The first kappa shape index (κ1) is 14.9. The van der Waals surface area contributed by atoms with E-state index in [9.17, 15) is 9.18 Å². The molecule has 0 bridgehead atoms. The number of hydrogen-bond acceptors (Lipinski definition) is 3. The summed E-state index contributed by atoms with van der Waals surface area (Å²) in [5, 5.41) is 0. The van der Waals surface area contributed by atoms with Crippen molar-refractivity contribution in [3.05, 3.63) is 35.1 Å². The van der Waals surface area contributed by atoms with E-state index in [0.29, 0.717) is 30.6 Å². The van der Waals surface area contributed by atoms with Gasteiger partial charge in [0, 0.05) is 23.7 Å². The molecule has 1 aliphatic carbocycles. The molecule has 0 aliphatic heterocycles. The number of rotatable bonds is 5. The van der Waals surface area contributed by atoms with Gasteiger partial charge in [0.1, 0.15) is 5.82 Å². The van der Waals surface area contributed by atoms with Crippen LogP contribution in [0.5, 0.6) is 0 Å². The Morgan fingerprint density at radius 2 is 2.20 bits per heavy atom. The molecular formula is C15H22FN3O. The average Bonchev–Trinajstić information content (AvgIpc) is 2.89. The predicted molar refractivity (Wildman–Crippen MR) is 76.6 cm³/mol. The van der Waals surface area contributed by atoms with Gasteiger partial charge < -0.3 is 11.5 Å². The monoisotopic (exact) mass is 279 g/mol. The number of nitrogens with zero attached hydrogens (tertiary/aromatic N) is 1. The third-order valence-electron chi connectivity index (χ3n) is 4.25. The van der Waals surface area contributed by atoms with E-state index in [1.165, 1.54) is 12.5 Å². The van der Waals surface area contributed by atoms with E-state index in [2.05, 4.69) is 4.90 Å². The van der Waals surface area contributed by atoms with Gasteiger partial charge in [0.05, 0.1) is 0 Å². The zero-order valence-electron chi connectivity index (χ0n) is 11.8. The summed E-state index contributed by atoms with van der Waals surface area (Å²) in [6.45, 7) is 1.20. The average molecular weight is 279 g/mol. The van der Waals surface area contributed by atoms with Crippen LogP contribution in [0.2, 0.25) is 0 Å². The Hall–Kier alpha value is -1.46. The number of benzene rings is 1. The van der Waals surface area contributed by atoms with Crippen LogP contribution in [0.25, 0.3) is 0 Å². The lowest BCUT2D eigenvalue weighted by molar-refractivity contribution is 0.1000. The van der Waals surface area contributed by atoms with Crippen LogP contribution in [0.3, 0.4) is 0 Å². The van der Waals surface area contributed by atoms with E-state index in [-0.39, 0.29) is 11.4 Å². The molecule has 0 heterocycles. The van der Waals surface area contributed by atoms with Gasteiger partial charge in [0.25, 0.3) is 0 Å². The Morgan fingerprint density at radius 1 is 1.45 bits per heavy atom. The molecule has 2 atom stereocenters. The van der Waals surface area contributed by atoms with E-state index in [4.69, 9.17) is 11.5 Å². The Morgan fingerprint density at radius 3 is 2.80 bits per heavy atom. The maximum Gasteiger partial charge on any atom is 0.248 e. The summed E-state index contributed by atoms with van der Waals surface area (Å²) in [7, 11) is 2.00. The maximum atomic E-state index is 14.0. The molecule has 5 heteroatoms. The van der Waals surface area contributed by atoms with E-state index >= 15 is 0 Å². The van der Waals surface area contributed by atoms with Gasteiger partial charge in [0.2, 0.25) is 5.91 Å².